The molecule has 0 saturated heterocycles. The summed E-state index contributed by atoms with van der Waals surface area (Å²) in [4.78, 5) is 2.52. The first-order valence-corrected chi connectivity index (χ1v) is 7.01. The molecule has 0 amide bonds. The average molecular weight is 224 g/mol. The van der Waals surface area contributed by atoms with Crippen molar-refractivity contribution in [2.75, 3.05) is 31.0 Å². The lowest BCUT2D eigenvalue weighted by Crippen LogP contribution is -2.37. The molecule has 0 aromatic heterocycles. The van der Waals surface area contributed by atoms with Crippen molar-refractivity contribution in [2.24, 2.45) is 0 Å². The van der Waals surface area contributed by atoms with E-state index < -0.39 is 0 Å². The standard InChI is InChI=1S/C10H22ClNS/c1-4-10(5-2)12(7-6-11)8-9-13-3/h10H,4-9H2,1-3H3. The number of thioether (sulfide) groups is 1. The summed E-state index contributed by atoms with van der Waals surface area (Å²) in [7, 11) is 0. The summed E-state index contributed by atoms with van der Waals surface area (Å²) in [6, 6.07) is 0.728. The molecular weight excluding hydrogens is 202 g/mol. The zero-order chi connectivity index (χ0) is 10.1. The second kappa shape index (κ2) is 9.17. The molecule has 0 N–H and O–H groups in total. The molecule has 0 rings (SSSR count). The molecule has 0 aliphatic carbocycles. The molecule has 0 unspecified atom stereocenters. The lowest BCUT2D eigenvalue weighted by Gasteiger charge is -2.29. The Hall–Kier alpha value is 0.600. The maximum absolute atomic E-state index is 5.78. The molecule has 0 aliphatic heterocycles. The molecule has 0 saturated carbocycles. The fourth-order valence-electron chi connectivity index (χ4n) is 1.60. The van der Waals surface area contributed by atoms with Crippen LogP contribution in [0.4, 0.5) is 0 Å². The van der Waals surface area contributed by atoms with Gasteiger partial charge in [0.1, 0.15) is 0 Å². The monoisotopic (exact) mass is 223 g/mol. The van der Waals surface area contributed by atoms with Gasteiger partial charge in [-0.25, -0.2) is 0 Å². The van der Waals surface area contributed by atoms with Gasteiger partial charge in [0.05, 0.1) is 0 Å². The fourth-order valence-corrected chi connectivity index (χ4v) is 2.23. The minimum atomic E-state index is 0.728. The van der Waals surface area contributed by atoms with E-state index >= 15 is 0 Å². The zero-order valence-electron chi connectivity index (χ0n) is 9.05. The van der Waals surface area contributed by atoms with Crippen molar-refractivity contribution in [1.82, 2.24) is 4.90 Å². The van der Waals surface area contributed by atoms with E-state index in [2.05, 4.69) is 25.0 Å². The largest absolute Gasteiger partial charge is 0.298 e. The molecule has 0 spiro atoms. The van der Waals surface area contributed by atoms with Crippen LogP contribution in [0.15, 0.2) is 0 Å². The predicted molar refractivity (Wildman–Crippen MR) is 65.0 cm³/mol. The Morgan fingerprint density at radius 1 is 1.23 bits per heavy atom. The lowest BCUT2D eigenvalue weighted by molar-refractivity contribution is 0.209. The van der Waals surface area contributed by atoms with Crippen LogP contribution >= 0.6 is 23.4 Å². The summed E-state index contributed by atoms with van der Waals surface area (Å²) in [5, 5.41) is 0. The van der Waals surface area contributed by atoms with Crippen LogP contribution in [-0.4, -0.2) is 41.9 Å². The smallest absolute Gasteiger partial charge is 0.0351 e. The summed E-state index contributed by atoms with van der Waals surface area (Å²) in [5.74, 6) is 1.97. The Morgan fingerprint density at radius 3 is 2.23 bits per heavy atom. The maximum Gasteiger partial charge on any atom is 0.0351 e. The van der Waals surface area contributed by atoms with Gasteiger partial charge in [0.2, 0.25) is 0 Å². The SMILES string of the molecule is CCC(CC)N(CCCl)CCSC. The van der Waals surface area contributed by atoms with Gasteiger partial charge in [0.15, 0.2) is 0 Å². The predicted octanol–water partition coefficient (Wildman–Crippen LogP) is 3.08. The maximum atomic E-state index is 5.78. The van der Waals surface area contributed by atoms with E-state index in [1.807, 2.05) is 11.8 Å². The van der Waals surface area contributed by atoms with E-state index in [0.29, 0.717) is 0 Å². The molecule has 0 aliphatic rings. The molecule has 0 atom stereocenters. The van der Waals surface area contributed by atoms with Crippen molar-refractivity contribution in [3.05, 3.63) is 0 Å². The Labute approximate surface area is 92.2 Å². The summed E-state index contributed by atoms with van der Waals surface area (Å²) in [6.07, 6.45) is 4.63. The third-order valence-corrected chi connectivity index (χ3v) is 3.17. The van der Waals surface area contributed by atoms with Crippen LogP contribution in [0.2, 0.25) is 0 Å². The molecule has 0 bridgehead atoms. The molecule has 0 heterocycles. The number of hydrogen-bond donors (Lipinski definition) is 0. The third-order valence-electron chi connectivity index (χ3n) is 2.41. The molecule has 1 nitrogen and oxygen atoms in total. The van der Waals surface area contributed by atoms with Gasteiger partial charge in [-0.15, -0.1) is 11.6 Å². The molecule has 0 aromatic rings. The number of alkyl halides is 1. The molecule has 0 fully saturated rings. The van der Waals surface area contributed by atoms with Crippen LogP contribution in [0, 0.1) is 0 Å². The topological polar surface area (TPSA) is 3.24 Å². The van der Waals surface area contributed by atoms with Gasteiger partial charge < -0.3 is 0 Å². The first-order valence-electron chi connectivity index (χ1n) is 5.09. The van der Waals surface area contributed by atoms with Crippen LogP contribution in [-0.2, 0) is 0 Å². The van der Waals surface area contributed by atoms with E-state index in [-0.39, 0.29) is 0 Å². The van der Waals surface area contributed by atoms with E-state index in [0.717, 1.165) is 18.5 Å². The highest BCUT2D eigenvalue weighted by atomic mass is 35.5. The van der Waals surface area contributed by atoms with Crippen LogP contribution < -0.4 is 0 Å². The Bertz CT molecular complexity index is 107. The van der Waals surface area contributed by atoms with Crippen molar-refractivity contribution in [2.45, 2.75) is 32.7 Å². The first kappa shape index (κ1) is 13.6. The highest BCUT2D eigenvalue weighted by molar-refractivity contribution is 7.98. The van der Waals surface area contributed by atoms with Crippen molar-refractivity contribution in [3.8, 4) is 0 Å². The number of hydrogen-bond acceptors (Lipinski definition) is 2. The quantitative estimate of drug-likeness (QED) is 0.582. The average Bonchev–Trinajstić information content (AvgIpc) is 2.16. The van der Waals surface area contributed by atoms with Crippen molar-refractivity contribution >= 4 is 23.4 Å². The summed E-state index contributed by atoms with van der Waals surface area (Å²) in [6.45, 7) is 6.73. The van der Waals surface area contributed by atoms with Gasteiger partial charge >= 0.3 is 0 Å². The fraction of sp³-hybridized carbons (Fsp3) is 1.00. The van der Waals surface area contributed by atoms with Gasteiger partial charge in [-0.2, -0.15) is 11.8 Å². The second-order valence-electron chi connectivity index (χ2n) is 3.19. The molecular formula is C10H22ClNS. The van der Waals surface area contributed by atoms with Gasteiger partial charge in [0, 0.05) is 30.8 Å². The van der Waals surface area contributed by atoms with E-state index in [4.69, 9.17) is 11.6 Å². The summed E-state index contributed by atoms with van der Waals surface area (Å²) < 4.78 is 0. The highest BCUT2D eigenvalue weighted by Crippen LogP contribution is 2.09. The minimum Gasteiger partial charge on any atom is -0.298 e. The van der Waals surface area contributed by atoms with E-state index in [9.17, 15) is 0 Å². The molecule has 0 aromatic carbocycles. The lowest BCUT2D eigenvalue weighted by atomic mass is 10.1. The van der Waals surface area contributed by atoms with Crippen LogP contribution in [0.3, 0.4) is 0 Å². The van der Waals surface area contributed by atoms with Gasteiger partial charge in [-0.05, 0) is 19.1 Å². The van der Waals surface area contributed by atoms with Gasteiger partial charge in [-0.1, -0.05) is 13.8 Å². The van der Waals surface area contributed by atoms with E-state index in [1.165, 1.54) is 25.1 Å². The number of nitrogens with zero attached hydrogens (tertiary/aromatic N) is 1. The number of halogens is 1. The van der Waals surface area contributed by atoms with Gasteiger partial charge in [0.25, 0.3) is 0 Å². The Kier molecular flexibility index (Phi) is 9.59. The highest BCUT2D eigenvalue weighted by Gasteiger charge is 2.13. The van der Waals surface area contributed by atoms with Crippen LogP contribution in [0.5, 0.6) is 0 Å². The molecule has 80 valence electrons. The molecule has 0 radical (unpaired) electrons. The Balaban J connectivity index is 3.88. The Morgan fingerprint density at radius 2 is 1.85 bits per heavy atom. The van der Waals surface area contributed by atoms with Crippen molar-refractivity contribution in [1.29, 1.82) is 0 Å². The van der Waals surface area contributed by atoms with E-state index in [1.54, 1.807) is 0 Å². The summed E-state index contributed by atoms with van der Waals surface area (Å²) in [5.41, 5.74) is 0. The summed E-state index contributed by atoms with van der Waals surface area (Å²) >= 11 is 7.69. The first-order chi connectivity index (χ1) is 6.29. The molecule has 13 heavy (non-hydrogen) atoms. The second-order valence-corrected chi connectivity index (χ2v) is 4.55. The number of rotatable bonds is 8. The van der Waals surface area contributed by atoms with Crippen molar-refractivity contribution < 1.29 is 0 Å². The normalized spacial score (nSPS) is 11.5. The minimum absolute atomic E-state index is 0.728. The third kappa shape index (κ3) is 5.82. The zero-order valence-corrected chi connectivity index (χ0v) is 10.6. The van der Waals surface area contributed by atoms with Crippen LogP contribution in [0.1, 0.15) is 26.7 Å². The van der Waals surface area contributed by atoms with Crippen LogP contribution in [0.25, 0.3) is 0 Å². The van der Waals surface area contributed by atoms with Gasteiger partial charge in [-0.3, -0.25) is 4.90 Å². The molecule has 3 heteroatoms. The van der Waals surface area contributed by atoms with Crippen molar-refractivity contribution in [3.63, 3.8) is 0 Å².